The highest BCUT2D eigenvalue weighted by Gasteiger charge is 2.54. The molecule has 13 heavy (non-hydrogen) atoms. The van der Waals surface area contributed by atoms with Crippen molar-refractivity contribution in [1.29, 1.82) is 0 Å². The van der Waals surface area contributed by atoms with E-state index >= 15 is 0 Å². The predicted molar refractivity (Wildman–Crippen MR) is 41.3 cm³/mol. The Morgan fingerprint density at radius 1 is 1.62 bits per heavy atom. The first-order valence-electron chi connectivity index (χ1n) is 3.54. The van der Waals surface area contributed by atoms with E-state index in [0.29, 0.717) is 0 Å². The highest BCUT2D eigenvalue weighted by atomic mass is 32.3. The van der Waals surface area contributed by atoms with Crippen LogP contribution in [0.4, 0.5) is 0 Å². The van der Waals surface area contributed by atoms with Gasteiger partial charge in [-0.25, -0.2) is 8.37 Å². The minimum Gasteiger partial charge on any atom is -0.366 e. The van der Waals surface area contributed by atoms with E-state index in [-0.39, 0.29) is 6.42 Å². The van der Waals surface area contributed by atoms with Crippen molar-refractivity contribution in [2.24, 2.45) is 11.5 Å². The molecular weight excluding hydrogens is 200 g/mol. The van der Waals surface area contributed by atoms with E-state index < -0.39 is 28.1 Å². The van der Waals surface area contributed by atoms with Crippen LogP contribution in [0.25, 0.3) is 0 Å². The number of hydrogen-bond acceptors (Lipinski definition) is 6. The summed E-state index contributed by atoms with van der Waals surface area (Å²) in [5.74, 6) is -1.07. The van der Waals surface area contributed by atoms with Crippen LogP contribution in [0.15, 0.2) is 0 Å². The number of carbonyl (C=O) groups is 1. The summed E-state index contributed by atoms with van der Waals surface area (Å²) in [7, 11) is -4.19. The first-order valence-corrected chi connectivity index (χ1v) is 4.88. The van der Waals surface area contributed by atoms with Gasteiger partial charge in [-0.15, -0.1) is 0 Å². The molecule has 1 rings (SSSR count). The molecule has 1 saturated heterocycles. The van der Waals surface area contributed by atoms with Gasteiger partial charge in [-0.2, -0.15) is 8.42 Å². The summed E-state index contributed by atoms with van der Waals surface area (Å²) in [6.45, 7) is 1.60. The monoisotopic (exact) mass is 210 g/mol. The summed E-state index contributed by atoms with van der Waals surface area (Å²) < 4.78 is 30.2. The van der Waals surface area contributed by atoms with Crippen molar-refractivity contribution in [2.45, 2.75) is 25.2 Å². The van der Waals surface area contributed by atoms with Crippen LogP contribution in [-0.4, -0.2) is 26.2 Å². The van der Waals surface area contributed by atoms with Crippen molar-refractivity contribution < 1.29 is 21.6 Å². The molecule has 4 N–H and O–H groups in total. The molecule has 0 spiro atoms. The quantitative estimate of drug-likeness (QED) is 0.554. The summed E-state index contributed by atoms with van der Waals surface area (Å²) in [6, 6.07) is 0. The molecule has 7 nitrogen and oxygen atoms in total. The summed E-state index contributed by atoms with van der Waals surface area (Å²) in [5.41, 5.74) is 8.14. The van der Waals surface area contributed by atoms with E-state index in [4.69, 9.17) is 11.5 Å². The van der Waals surface area contributed by atoms with Crippen LogP contribution in [0.3, 0.4) is 0 Å². The molecule has 0 aromatic heterocycles. The number of amides is 1. The molecule has 0 aromatic carbocycles. The molecule has 8 heteroatoms. The maximum Gasteiger partial charge on any atom is 0.402 e. The number of primary amides is 1. The van der Waals surface area contributed by atoms with Crippen LogP contribution in [0.2, 0.25) is 0 Å². The normalized spacial score (nSPS) is 37.5. The highest BCUT2D eigenvalue weighted by Crippen LogP contribution is 2.28. The fourth-order valence-electron chi connectivity index (χ4n) is 1.03. The fraction of sp³-hybridized carbons (Fsp3) is 0.800. The van der Waals surface area contributed by atoms with Crippen LogP contribution in [0.5, 0.6) is 0 Å². The molecule has 2 atom stereocenters. The Bertz CT molecular complexity index is 326. The van der Waals surface area contributed by atoms with Crippen LogP contribution < -0.4 is 11.5 Å². The maximum absolute atomic E-state index is 10.8. The molecule has 0 bridgehead atoms. The average molecular weight is 210 g/mol. The third-order valence-corrected chi connectivity index (χ3v) is 2.66. The van der Waals surface area contributed by atoms with Crippen LogP contribution in [-0.2, 0) is 23.6 Å². The third-order valence-electron chi connectivity index (χ3n) is 1.71. The summed E-state index contributed by atoms with van der Waals surface area (Å²) in [4.78, 5) is 10.8. The minimum absolute atomic E-state index is 0.207. The van der Waals surface area contributed by atoms with Crippen molar-refractivity contribution in [2.75, 3.05) is 0 Å². The Morgan fingerprint density at radius 3 is 2.46 bits per heavy atom. The SMILES string of the molecule is CCC1OS(=O)(=O)OC1(N)C(N)=O. The van der Waals surface area contributed by atoms with Crippen molar-refractivity contribution in [1.82, 2.24) is 0 Å². The molecule has 1 aliphatic heterocycles. The topological polar surface area (TPSA) is 122 Å². The lowest BCUT2D eigenvalue weighted by molar-refractivity contribution is -0.135. The molecule has 1 fully saturated rings. The van der Waals surface area contributed by atoms with Crippen molar-refractivity contribution in [3.8, 4) is 0 Å². The lowest BCUT2D eigenvalue weighted by atomic mass is 10.1. The third kappa shape index (κ3) is 1.66. The van der Waals surface area contributed by atoms with Gasteiger partial charge in [0.25, 0.3) is 5.91 Å². The molecular formula is C5H10N2O5S. The first-order chi connectivity index (χ1) is 5.82. The molecule has 1 amide bonds. The molecule has 0 aliphatic carbocycles. The summed E-state index contributed by atoms with van der Waals surface area (Å²) in [6.07, 6.45) is -0.853. The second-order valence-electron chi connectivity index (χ2n) is 2.64. The molecule has 0 saturated carbocycles. The maximum atomic E-state index is 10.8. The largest absolute Gasteiger partial charge is 0.402 e. The Morgan fingerprint density at radius 2 is 2.15 bits per heavy atom. The van der Waals surface area contributed by atoms with E-state index in [2.05, 4.69) is 8.37 Å². The first kappa shape index (κ1) is 10.4. The van der Waals surface area contributed by atoms with Crippen LogP contribution >= 0.6 is 0 Å². The van der Waals surface area contributed by atoms with Gasteiger partial charge in [0.2, 0.25) is 5.72 Å². The molecule has 0 aromatic rings. The summed E-state index contributed by atoms with van der Waals surface area (Å²) >= 11 is 0. The van der Waals surface area contributed by atoms with Gasteiger partial charge in [0.1, 0.15) is 6.10 Å². The molecule has 1 heterocycles. The van der Waals surface area contributed by atoms with Gasteiger partial charge in [-0.05, 0) is 6.42 Å². The smallest absolute Gasteiger partial charge is 0.366 e. The lowest BCUT2D eigenvalue weighted by Crippen LogP contribution is -2.58. The molecule has 76 valence electrons. The number of nitrogens with two attached hydrogens (primary N) is 2. The highest BCUT2D eigenvalue weighted by molar-refractivity contribution is 7.82. The van der Waals surface area contributed by atoms with E-state index in [0.717, 1.165) is 0 Å². The number of rotatable bonds is 2. The Labute approximate surface area is 75.3 Å². The van der Waals surface area contributed by atoms with Crippen molar-refractivity contribution in [3.05, 3.63) is 0 Å². The van der Waals surface area contributed by atoms with Gasteiger partial charge < -0.3 is 5.73 Å². The standard InChI is InChI=1S/C5H10N2O5S/c1-2-3-5(7,4(6)8)12-13(9,10)11-3/h3H,2,7H2,1H3,(H2,6,8). The molecule has 2 unspecified atom stereocenters. The fourth-order valence-corrected chi connectivity index (χ4v) is 2.16. The second-order valence-corrected chi connectivity index (χ2v) is 3.82. The lowest BCUT2D eigenvalue weighted by Gasteiger charge is -2.20. The minimum atomic E-state index is -4.19. The van der Waals surface area contributed by atoms with Gasteiger partial charge in [0.05, 0.1) is 0 Å². The Kier molecular flexibility index (Phi) is 2.32. The van der Waals surface area contributed by atoms with Crippen molar-refractivity contribution in [3.63, 3.8) is 0 Å². The summed E-state index contributed by atoms with van der Waals surface area (Å²) in [5, 5.41) is 0. The van der Waals surface area contributed by atoms with Crippen LogP contribution in [0.1, 0.15) is 13.3 Å². The van der Waals surface area contributed by atoms with Gasteiger partial charge in [0, 0.05) is 0 Å². The van der Waals surface area contributed by atoms with E-state index in [1.54, 1.807) is 6.92 Å². The Balaban J connectivity index is 3.05. The zero-order chi connectivity index (χ0) is 10.3. The predicted octanol–water partition coefficient (Wildman–Crippen LogP) is -1.80. The van der Waals surface area contributed by atoms with Gasteiger partial charge >= 0.3 is 10.4 Å². The van der Waals surface area contributed by atoms with E-state index in [1.165, 1.54) is 0 Å². The molecule has 0 radical (unpaired) electrons. The zero-order valence-electron chi connectivity index (χ0n) is 6.89. The van der Waals surface area contributed by atoms with E-state index in [1.807, 2.05) is 0 Å². The number of carbonyl (C=O) groups excluding carboxylic acids is 1. The van der Waals surface area contributed by atoms with Crippen molar-refractivity contribution >= 4 is 16.3 Å². The van der Waals surface area contributed by atoms with Crippen LogP contribution in [0, 0.1) is 0 Å². The number of hydrogen-bond donors (Lipinski definition) is 2. The van der Waals surface area contributed by atoms with Gasteiger partial charge in [0.15, 0.2) is 0 Å². The van der Waals surface area contributed by atoms with Gasteiger partial charge in [-0.1, -0.05) is 6.92 Å². The van der Waals surface area contributed by atoms with E-state index in [9.17, 15) is 13.2 Å². The Hall–Kier alpha value is -0.700. The zero-order valence-corrected chi connectivity index (χ0v) is 7.71. The molecule has 1 aliphatic rings. The second kappa shape index (κ2) is 2.91. The van der Waals surface area contributed by atoms with Gasteiger partial charge in [-0.3, -0.25) is 10.5 Å². The average Bonchev–Trinajstić information content (AvgIpc) is 2.22.